The summed E-state index contributed by atoms with van der Waals surface area (Å²) in [6.07, 6.45) is 11.0. The highest BCUT2D eigenvalue weighted by Crippen LogP contribution is 2.29. The molecule has 116 valence electrons. The fourth-order valence-electron chi connectivity index (χ4n) is 2.95. The van der Waals surface area contributed by atoms with Crippen molar-refractivity contribution in [2.24, 2.45) is 0 Å². The van der Waals surface area contributed by atoms with E-state index in [9.17, 15) is 8.42 Å². The minimum Gasteiger partial charge on any atom is -0.310 e. The number of hydrogen-bond donors (Lipinski definition) is 1. The van der Waals surface area contributed by atoms with Crippen LogP contribution in [0, 0.1) is 0 Å². The van der Waals surface area contributed by atoms with Gasteiger partial charge in [0.05, 0.1) is 10.9 Å². The van der Waals surface area contributed by atoms with E-state index in [0.717, 1.165) is 18.4 Å². The highest BCUT2D eigenvalue weighted by Gasteiger charge is 2.16. The van der Waals surface area contributed by atoms with E-state index in [1.54, 1.807) is 12.1 Å². The van der Waals surface area contributed by atoms with Gasteiger partial charge in [0.1, 0.15) is 0 Å². The molecule has 1 atom stereocenters. The van der Waals surface area contributed by atoms with Crippen LogP contribution in [-0.2, 0) is 9.84 Å². The summed E-state index contributed by atoms with van der Waals surface area (Å²) >= 11 is 0. The zero-order valence-corrected chi connectivity index (χ0v) is 13.7. The maximum absolute atomic E-state index is 11.5. The lowest BCUT2D eigenvalue weighted by atomic mass is 9.91. The molecule has 3 nitrogen and oxygen atoms in total. The molecule has 1 unspecified atom stereocenters. The topological polar surface area (TPSA) is 46.2 Å². The van der Waals surface area contributed by atoms with Crippen molar-refractivity contribution in [3.8, 4) is 0 Å². The van der Waals surface area contributed by atoms with Gasteiger partial charge in [-0.2, -0.15) is 0 Å². The fourth-order valence-corrected chi connectivity index (χ4v) is 3.58. The lowest BCUT2D eigenvalue weighted by molar-refractivity contribution is 0.573. The minimum absolute atomic E-state index is 0.191. The number of benzene rings is 1. The number of allylic oxidation sites excluding steroid dienone is 1. The molecule has 0 spiro atoms. The van der Waals surface area contributed by atoms with Crippen LogP contribution in [0.25, 0.3) is 0 Å². The van der Waals surface area contributed by atoms with Gasteiger partial charge in [0.25, 0.3) is 0 Å². The van der Waals surface area contributed by atoms with Crippen LogP contribution >= 0.6 is 0 Å². The molecule has 0 fully saturated rings. The normalized spacial score (nSPS) is 21.0. The highest BCUT2D eigenvalue weighted by molar-refractivity contribution is 7.90. The summed E-state index contributed by atoms with van der Waals surface area (Å²) in [6.45, 7) is 0. The van der Waals surface area contributed by atoms with Crippen LogP contribution < -0.4 is 5.32 Å². The molecule has 1 N–H and O–H groups in total. The van der Waals surface area contributed by atoms with E-state index in [4.69, 9.17) is 0 Å². The van der Waals surface area contributed by atoms with Crippen LogP contribution in [0.4, 0.5) is 0 Å². The lowest BCUT2D eigenvalue weighted by Crippen LogP contribution is -2.19. The molecule has 2 rings (SSSR count). The second kappa shape index (κ2) is 7.23. The van der Waals surface area contributed by atoms with E-state index >= 15 is 0 Å². The average molecular weight is 307 g/mol. The molecule has 1 aromatic carbocycles. The van der Waals surface area contributed by atoms with Crippen molar-refractivity contribution in [1.82, 2.24) is 5.32 Å². The van der Waals surface area contributed by atoms with E-state index in [-0.39, 0.29) is 6.04 Å². The molecular formula is C17H25NO2S. The Hall–Kier alpha value is -1.13. The van der Waals surface area contributed by atoms with Crippen molar-refractivity contribution in [3.63, 3.8) is 0 Å². The Balaban J connectivity index is 2.24. The number of nitrogens with one attached hydrogen (secondary N) is 1. The Morgan fingerprint density at radius 2 is 1.71 bits per heavy atom. The first-order valence-electron chi connectivity index (χ1n) is 7.68. The zero-order valence-electron chi connectivity index (χ0n) is 12.9. The smallest absolute Gasteiger partial charge is 0.175 e. The first-order chi connectivity index (χ1) is 10.0. The molecule has 0 heterocycles. The number of rotatable bonds is 4. The van der Waals surface area contributed by atoms with Crippen LogP contribution in [0.3, 0.4) is 0 Å². The van der Waals surface area contributed by atoms with Gasteiger partial charge < -0.3 is 5.32 Å². The molecule has 1 aliphatic carbocycles. The second-order valence-electron chi connectivity index (χ2n) is 5.79. The van der Waals surface area contributed by atoms with Gasteiger partial charge in [-0.1, -0.05) is 36.6 Å². The third-order valence-corrected chi connectivity index (χ3v) is 5.26. The summed E-state index contributed by atoms with van der Waals surface area (Å²) in [4.78, 5) is 0.382. The Bertz CT molecular complexity index is 588. The van der Waals surface area contributed by atoms with E-state index in [1.807, 2.05) is 19.2 Å². The molecule has 21 heavy (non-hydrogen) atoms. The van der Waals surface area contributed by atoms with E-state index < -0.39 is 9.84 Å². The second-order valence-corrected chi connectivity index (χ2v) is 7.81. The molecule has 1 aliphatic rings. The van der Waals surface area contributed by atoms with Gasteiger partial charge in [0.15, 0.2) is 9.84 Å². The molecular weight excluding hydrogens is 282 g/mol. The summed E-state index contributed by atoms with van der Waals surface area (Å²) in [5.41, 5.74) is 2.57. The molecule has 0 aromatic heterocycles. The Labute approximate surface area is 128 Å². The minimum atomic E-state index is -3.12. The first-order valence-corrected chi connectivity index (χ1v) is 9.57. The number of hydrogen-bond acceptors (Lipinski definition) is 3. The molecule has 0 amide bonds. The van der Waals surface area contributed by atoms with Gasteiger partial charge in [-0.25, -0.2) is 8.42 Å². The summed E-state index contributed by atoms with van der Waals surface area (Å²) in [6, 6.07) is 7.46. The van der Waals surface area contributed by atoms with Crippen LogP contribution in [0.1, 0.15) is 50.1 Å². The van der Waals surface area contributed by atoms with Crippen LogP contribution in [-0.4, -0.2) is 21.7 Å². The predicted octanol–water partition coefficient (Wildman–Crippen LogP) is 3.63. The number of likely N-dealkylation sites (N-methyl/N-ethyl adjacent to an activating group) is 1. The van der Waals surface area contributed by atoms with Gasteiger partial charge in [-0.3, -0.25) is 0 Å². The largest absolute Gasteiger partial charge is 0.310 e. The summed E-state index contributed by atoms with van der Waals surface area (Å²) in [5.74, 6) is 0. The lowest BCUT2D eigenvalue weighted by Gasteiger charge is -2.22. The molecule has 4 heteroatoms. The SMILES string of the molecule is CNC(/C1=C/CCCCCC1)c1ccc(S(C)(=O)=O)cc1. The van der Waals surface area contributed by atoms with Crippen molar-refractivity contribution >= 4 is 9.84 Å². The number of sulfone groups is 1. The Kier molecular flexibility index (Phi) is 5.59. The van der Waals surface area contributed by atoms with Gasteiger partial charge in [0.2, 0.25) is 0 Å². The standard InChI is InChI=1S/C17H25NO2S/c1-18-17(14-8-6-4-3-5-7-9-14)15-10-12-16(13-11-15)21(2,19)20/h8,10-13,17-18H,3-7,9H2,1-2H3/b14-8+. The van der Waals surface area contributed by atoms with E-state index in [1.165, 1.54) is 37.5 Å². The zero-order chi connectivity index (χ0) is 15.3. The van der Waals surface area contributed by atoms with Crippen molar-refractivity contribution in [3.05, 3.63) is 41.5 Å². The fraction of sp³-hybridized carbons (Fsp3) is 0.529. The predicted molar refractivity (Wildman–Crippen MR) is 87.1 cm³/mol. The highest BCUT2D eigenvalue weighted by atomic mass is 32.2. The quantitative estimate of drug-likeness (QED) is 0.864. The first kappa shape index (κ1) is 16.2. The molecule has 0 saturated carbocycles. The van der Waals surface area contributed by atoms with Crippen LogP contribution in [0.5, 0.6) is 0 Å². The monoisotopic (exact) mass is 307 g/mol. The maximum atomic E-state index is 11.5. The maximum Gasteiger partial charge on any atom is 0.175 e. The summed E-state index contributed by atoms with van der Waals surface area (Å²) < 4.78 is 23.1. The molecule has 1 aromatic rings. The van der Waals surface area contributed by atoms with Crippen molar-refractivity contribution < 1.29 is 8.42 Å². The third-order valence-electron chi connectivity index (χ3n) is 4.13. The van der Waals surface area contributed by atoms with Crippen LogP contribution in [0.15, 0.2) is 40.8 Å². The van der Waals surface area contributed by atoms with Gasteiger partial charge >= 0.3 is 0 Å². The van der Waals surface area contributed by atoms with Crippen molar-refractivity contribution in [1.29, 1.82) is 0 Å². The van der Waals surface area contributed by atoms with E-state index in [0.29, 0.717) is 4.90 Å². The molecule has 0 bridgehead atoms. The van der Waals surface area contributed by atoms with Gasteiger partial charge in [-0.05, 0) is 50.4 Å². The molecule has 0 aliphatic heterocycles. The Morgan fingerprint density at radius 3 is 2.33 bits per heavy atom. The molecule has 0 saturated heterocycles. The van der Waals surface area contributed by atoms with Gasteiger partial charge in [0, 0.05) is 6.26 Å². The van der Waals surface area contributed by atoms with Crippen molar-refractivity contribution in [2.45, 2.75) is 49.5 Å². The van der Waals surface area contributed by atoms with Gasteiger partial charge in [-0.15, -0.1) is 0 Å². The third kappa shape index (κ3) is 4.42. The molecule has 0 radical (unpaired) electrons. The van der Waals surface area contributed by atoms with Crippen LogP contribution in [0.2, 0.25) is 0 Å². The summed E-state index contributed by atoms with van der Waals surface area (Å²) in [7, 11) is -1.16. The van der Waals surface area contributed by atoms with E-state index in [2.05, 4.69) is 11.4 Å². The average Bonchev–Trinajstić information content (AvgIpc) is 2.41. The van der Waals surface area contributed by atoms with Crippen molar-refractivity contribution in [2.75, 3.05) is 13.3 Å². The Morgan fingerprint density at radius 1 is 1.05 bits per heavy atom. The summed E-state index contributed by atoms with van der Waals surface area (Å²) in [5, 5.41) is 3.38.